The lowest BCUT2D eigenvalue weighted by molar-refractivity contribution is 0.128. The molecule has 2 heterocycles. The van der Waals surface area contributed by atoms with E-state index in [2.05, 4.69) is 33.5 Å². The average Bonchev–Trinajstić information content (AvgIpc) is 2.79. The molecule has 0 radical (unpaired) electrons. The molecule has 1 fully saturated rings. The maximum absolute atomic E-state index is 5.73. The van der Waals surface area contributed by atoms with Crippen LogP contribution in [0.5, 0.6) is 0 Å². The standard InChI is InChI=1S/C14H27N5/c1-12(2)9-19-14(16-11-17-19)10-18-8-4-3-5-13(18)6-7-15/h11-13H,3-10,15H2,1-2H3. The van der Waals surface area contributed by atoms with Crippen LogP contribution in [-0.4, -0.2) is 38.8 Å². The zero-order chi connectivity index (χ0) is 13.7. The van der Waals surface area contributed by atoms with Gasteiger partial charge in [-0.1, -0.05) is 20.3 Å². The minimum Gasteiger partial charge on any atom is -0.330 e. The van der Waals surface area contributed by atoms with E-state index in [0.717, 1.165) is 31.9 Å². The van der Waals surface area contributed by atoms with Crippen LogP contribution < -0.4 is 5.73 Å². The highest BCUT2D eigenvalue weighted by Crippen LogP contribution is 2.21. The van der Waals surface area contributed by atoms with Gasteiger partial charge in [-0.25, -0.2) is 9.67 Å². The fraction of sp³-hybridized carbons (Fsp3) is 0.857. The summed E-state index contributed by atoms with van der Waals surface area (Å²) >= 11 is 0. The lowest BCUT2D eigenvalue weighted by atomic mass is 9.99. The highest BCUT2D eigenvalue weighted by molar-refractivity contribution is 4.88. The molecule has 0 bridgehead atoms. The average molecular weight is 265 g/mol. The van der Waals surface area contributed by atoms with Crippen molar-refractivity contribution in [1.29, 1.82) is 0 Å². The number of rotatable bonds is 6. The Bertz CT molecular complexity index is 372. The van der Waals surface area contributed by atoms with Crippen LogP contribution in [0.3, 0.4) is 0 Å². The van der Waals surface area contributed by atoms with Crippen molar-refractivity contribution >= 4 is 0 Å². The Kier molecular flexibility index (Phi) is 5.34. The summed E-state index contributed by atoms with van der Waals surface area (Å²) in [5.41, 5.74) is 5.73. The van der Waals surface area contributed by atoms with Gasteiger partial charge < -0.3 is 5.73 Å². The Morgan fingerprint density at radius 2 is 2.26 bits per heavy atom. The van der Waals surface area contributed by atoms with E-state index in [1.54, 1.807) is 6.33 Å². The summed E-state index contributed by atoms with van der Waals surface area (Å²) in [5.74, 6) is 1.69. The Morgan fingerprint density at radius 3 is 3.00 bits per heavy atom. The summed E-state index contributed by atoms with van der Waals surface area (Å²) in [6.07, 6.45) is 6.67. The third-order valence-corrected chi connectivity index (χ3v) is 3.83. The summed E-state index contributed by atoms with van der Waals surface area (Å²) in [6.45, 7) is 8.23. The maximum atomic E-state index is 5.73. The number of aromatic nitrogens is 3. The predicted molar refractivity (Wildman–Crippen MR) is 76.6 cm³/mol. The molecule has 2 rings (SSSR count). The highest BCUT2D eigenvalue weighted by Gasteiger charge is 2.23. The summed E-state index contributed by atoms with van der Waals surface area (Å²) in [5, 5.41) is 4.35. The minimum absolute atomic E-state index is 0.599. The number of nitrogens with zero attached hydrogens (tertiary/aromatic N) is 4. The number of hydrogen-bond acceptors (Lipinski definition) is 4. The van der Waals surface area contributed by atoms with Crippen molar-refractivity contribution in [2.45, 2.75) is 58.7 Å². The molecule has 0 amide bonds. The molecule has 1 unspecified atom stereocenters. The normalized spacial score (nSPS) is 21.2. The Hall–Kier alpha value is -0.940. The first-order valence-electron chi connectivity index (χ1n) is 7.51. The van der Waals surface area contributed by atoms with Crippen LogP contribution in [0.4, 0.5) is 0 Å². The molecule has 0 aromatic carbocycles. The van der Waals surface area contributed by atoms with E-state index in [0.29, 0.717) is 12.0 Å². The lowest BCUT2D eigenvalue weighted by Crippen LogP contribution is -2.40. The van der Waals surface area contributed by atoms with E-state index in [9.17, 15) is 0 Å². The molecule has 0 aliphatic carbocycles. The molecule has 5 heteroatoms. The number of nitrogens with two attached hydrogens (primary N) is 1. The van der Waals surface area contributed by atoms with Gasteiger partial charge in [-0.2, -0.15) is 5.10 Å². The van der Waals surface area contributed by atoms with Gasteiger partial charge in [0, 0.05) is 12.6 Å². The molecule has 1 aromatic heterocycles. The molecule has 2 N–H and O–H groups in total. The van der Waals surface area contributed by atoms with E-state index in [-0.39, 0.29) is 0 Å². The first-order chi connectivity index (χ1) is 9.20. The molecule has 5 nitrogen and oxygen atoms in total. The number of piperidine rings is 1. The van der Waals surface area contributed by atoms with Gasteiger partial charge in [0.05, 0.1) is 6.54 Å². The van der Waals surface area contributed by atoms with E-state index in [1.165, 1.54) is 25.8 Å². The van der Waals surface area contributed by atoms with Crippen LogP contribution in [0.25, 0.3) is 0 Å². The van der Waals surface area contributed by atoms with Gasteiger partial charge >= 0.3 is 0 Å². The largest absolute Gasteiger partial charge is 0.330 e. The summed E-state index contributed by atoms with van der Waals surface area (Å²) in [4.78, 5) is 6.98. The second-order valence-corrected chi connectivity index (χ2v) is 5.95. The summed E-state index contributed by atoms with van der Waals surface area (Å²) in [6, 6.07) is 0.628. The van der Waals surface area contributed by atoms with Crippen molar-refractivity contribution < 1.29 is 0 Å². The van der Waals surface area contributed by atoms with Gasteiger partial charge in [-0.05, 0) is 38.3 Å². The van der Waals surface area contributed by atoms with Crippen molar-refractivity contribution in [2.24, 2.45) is 11.7 Å². The minimum atomic E-state index is 0.599. The van der Waals surface area contributed by atoms with Gasteiger partial charge in [-0.3, -0.25) is 4.90 Å². The Labute approximate surface area is 116 Å². The number of hydrogen-bond donors (Lipinski definition) is 1. The number of likely N-dealkylation sites (tertiary alicyclic amines) is 1. The molecule has 1 aliphatic heterocycles. The third kappa shape index (κ3) is 4.01. The topological polar surface area (TPSA) is 60.0 Å². The molecule has 0 saturated carbocycles. The fourth-order valence-electron chi connectivity index (χ4n) is 2.88. The predicted octanol–water partition coefficient (Wildman–Crippen LogP) is 1.64. The van der Waals surface area contributed by atoms with Crippen LogP contribution in [0.15, 0.2) is 6.33 Å². The summed E-state index contributed by atoms with van der Waals surface area (Å²) < 4.78 is 2.05. The first-order valence-corrected chi connectivity index (χ1v) is 7.51. The first kappa shape index (κ1) is 14.5. The monoisotopic (exact) mass is 265 g/mol. The van der Waals surface area contributed by atoms with Gasteiger partial charge in [0.15, 0.2) is 0 Å². The van der Waals surface area contributed by atoms with E-state index in [4.69, 9.17) is 5.73 Å². The van der Waals surface area contributed by atoms with Gasteiger partial charge in [0.1, 0.15) is 12.2 Å². The van der Waals surface area contributed by atoms with Crippen molar-refractivity contribution in [2.75, 3.05) is 13.1 Å². The Morgan fingerprint density at radius 1 is 1.42 bits per heavy atom. The maximum Gasteiger partial charge on any atom is 0.141 e. The van der Waals surface area contributed by atoms with Crippen molar-refractivity contribution in [3.05, 3.63) is 12.2 Å². The zero-order valence-electron chi connectivity index (χ0n) is 12.3. The van der Waals surface area contributed by atoms with E-state index >= 15 is 0 Å². The molecule has 0 spiro atoms. The second-order valence-electron chi connectivity index (χ2n) is 5.95. The van der Waals surface area contributed by atoms with Crippen molar-refractivity contribution in [3.63, 3.8) is 0 Å². The Balaban J connectivity index is 2.00. The highest BCUT2D eigenvalue weighted by atomic mass is 15.4. The molecule has 1 saturated heterocycles. The van der Waals surface area contributed by atoms with Gasteiger partial charge in [0.2, 0.25) is 0 Å². The van der Waals surface area contributed by atoms with Gasteiger partial charge in [-0.15, -0.1) is 0 Å². The third-order valence-electron chi connectivity index (χ3n) is 3.83. The molecule has 1 aliphatic rings. The SMILES string of the molecule is CC(C)Cn1ncnc1CN1CCCCC1CCN. The zero-order valence-corrected chi connectivity index (χ0v) is 12.3. The van der Waals surface area contributed by atoms with Crippen LogP contribution >= 0.6 is 0 Å². The van der Waals surface area contributed by atoms with E-state index in [1.807, 2.05) is 0 Å². The van der Waals surface area contributed by atoms with Crippen molar-refractivity contribution in [1.82, 2.24) is 19.7 Å². The van der Waals surface area contributed by atoms with Crippen molar-refractivity contribution in [3.8, 4) is 0 Å². The lowest BCUT2D eigenvalue weighted by Gasteiger charge is -2.35. The second kappa shape index (κ2) is 7.01. The van der Waals surface area contributed by atoms with Crippen LogP contribution in [0.1, 0.15) is 45.4 Å². The van der Waals surface area contributed by atoms with Crippen LogP contribution in [0, 0.1) is 5.92 Å². The summed E-state index contributed by atoms with van der Waals surface area (Å²) in [7, 11) is 0. The van der Waals surface area contributed by atoms with E-state index < -0.39 is 0 Å². The molecular formula is C14H27N5. The molecular weight excluding hydrogens is 238 g/mol. The smallest absolute Gasteiger partial charge is 0.141 e. The fourth-order valence-corrected chi connectivity index (χ4v) is 2.88. The molecule has 19 heavy (non-hydrogen) atoms. The molecule has 108 valence electrons. The van der Waals surface area contributed by atoms with Gasteiger partial charge in [0.25, 0.3) is 0 Å². The molecule has 1 atom stereocenters. The molecule has 1 aromatic rings. The van der Waals surface area contributed by atoms with Crippen LogP contribution in [0.2, 0.25) is 0 Å². The quantitative estimate of drug-likeness (QED) is 0.849. The van der Waals surface area contributed by atoms with Crippen LogP contribution in [-0.2, 0) is 13.1 Å².